The normalized spacial score (nSPS) is 15.9. The monoisotopic (exact) mass is 485 g/mol. The highest BCUT2D eigenvalue weighted by atomic mass is 19.4. The van der Waals surface area contributed by atoms with Gasteiger partial charge in [0.1, 0.15) is 0 Å². The van der Waals surface area contributed by atoms with Crippen molar-refractivity contribution in [2.45, 2.75) is 12.2 Å². The van der Waals surface area contributed by atoms with Gasteiger partial charge in [0, 0.05) is 24.2 Å². The molecule has 1 fully saturated rings. The lowest BCUT2D eigenvalue weighted by atomic mass is 10.1. The Labute approximate surface area is 197 Å². The summed E-state index contributed by atoms with van der Waals surface area (Å²) < 4.78 is 47.6. The topological polar surface area (TPSA) is 121 Å². The molecule has 0 aliphatic carbocycles. The standard InChI is InChI=1S/C23H18F3N5O4/c24-23(25,26)22-29-19(30-35-22)14-5-7-15(8-6-14)20(32)28-12-17-13-34-10-9-31(17)21(33)18-4-2-1-3-16(18)11-27/h1-8,17H,9-10,12-13H2,(H,28,32)/t17-/m1/s1. The summed E-state index contributed by atoms with van der Waals surface area (Å²) in [6, 6.07) is 13.7. The number of ether oxygens (including phenoxy) is 1. The Morgan fingerprint density at radius 1 is 1.17 bits per heavy atom. The van der Waals surface area contributed by atoms with E-state index >= 15 is 0 Å². The summed E-state index contributed by atoms with van der Waals surface area (Å²) in [7, 11) is 0. The molecule has 180 valence electrons. The molecular weight excluding hydrogens is 467 g/mol. The van der Waals surface area contributed by atoms with Crippen molar-refractivity contribution < 1.29 is 32.0 Å². The minimum atomic E-state index is -4.75. The maximum Gasteiger partial charge on any atom is 0.471 e. The Kier molecular flexibility index (Phi) is 6.79. The molecule has 0 saturated carbocycles. The third-order valence-electron chi connectivity index (χ3n) is 5.34. The van der Waals surface area contributed by atoms with Gasteiger partial charge >= 0.3 is 12.1 Å². The van der Waals surface area contributed by atoms with Crippen molar-refractivity contribution in [3.05, 3.63) is 71.1 Å². The van der Waals surface area contributed by atoms with Gasteiger partial charge in [-0.25, -0.2) is 0 Å². The number of benzene rings is 2. The van der Waals surface area contributed by atoms with Gasteiger partial charge in [-0.15, -0.1) is 0 Å². The van der Waals surface area contributed by atoms with Gasteiger partial charge in [-0.05, 0) is 24.3 Å². The zero-order valence-corrected chi connectivity index (χ0v) is 18.1. The van der Waals surface area contributed by atoms with Crippen LogP contribution in [-0.4, -0.2) is 59.2 Å². The van der Waals surface area contributed by atoms with Gasteiger partial charge in [0.2, 0.25) is 5.82 Å². The fourth-order valence-electron chi connectivity index (χ4n) is 3.55. The van der Waals surface area contributed by atoms with E-state index in [9.17, 15) is 28.0 Å². The van der Waals surface area contributed by atoms with Crippen molar-refractivity contribution in [3.8, 4) is 17.5 Å². The highest BCUT2D eigenvalue weighted by molar-refractivity contribution is 5.97. The van der Waals surface area contributed by atoms with Crippen LogP contribution in [-0.2, 0) is 10.9 Å². The predicted molar refractivity (Wildman–Crippen MR) is 114 cm³/mol. The minimum absolute atomic E-state index is 0.0980. The van der Waals surface area contributed by atoms with Crippen LogP contribution in [0.5, 0.6) is 0 Å². The molecule has 1 atom stereocenters. The summed E-state index contributed by atoms with van der Waals surface area (Å²) >= 11 is 0. The Bertz CT molecular complexity index is 1270. The lowest BCUT2D eigenvalue weighted by Gasteiger charge is -2.36. The Hall–Kier alpha value is -4.24. The molecule has 0 bridgehead atoms. The van der Waals surface area contributed by atoms with Crippen LogP contribution in [0.4, 0.5) is 13.2 Å². The molecule has 9 nitrogen and oxygen atoms in total. The van der Waals surface area contributed by atoms with Gasteiger partial charge in [-0.3, -0.25) is 9.59 Å². The number of morpholine rings is 1. The lowest BCUT2D eigenvalue weighted by molar-refractivity contribution is -0.159. The number of carbonyl (C=O) groups is 2. The van der Waals surface area contributed by atoms with Gasteiger partial charge in [0.15, 0.2) is 0 Å². The molecule has 0 spiro atoms. The predicted octanol–water partition coefficient (Wildman–Crippen LogP) is 2.90. The maximum absolute atomic E-state index is 13.1. The first-order valence-electron chi connectivity index (χ1n) is 10.5. The van der Waals surface area contributed by atoms with Crippen molar-refractivity contribution in [1.29, 1.82) is 5.26 Å². The van der Waals surface area contributed by atoms with Crippen LogP contribution in [0.15, 0.2) is 53.1 Å². The number of hydrogen-bond acceptors (Lipinski definition) is 7. The van der Waals surface area contributed by atoms with Crippen molar-refractivity contribution in [2.24, 2.45) is 0 Å². The Morgan fingerprint density at radius 3 is 2.60 bits per heavy atom. The van der Waals surface area contributed by atoms with E-state index in [2.05, 4.69) is 20.0 Å². The summed E-state index contributed by atoms with van der Waals surface area (Å²) in [4.78, 5) is 30.6. The number of carbonyl (C=O) groups excluding carboxylic acids is 2. The minimum Gasteiger partial charge on any atom is -0.377 e. The summed E-state index contributed by atoms with van der Waals surface area (Å²) in [6.07, 6.45) is -4.75. The van der Waals surface area contributed by atoms with Gasteiger partial charge in [0.25, 0.3) is 11.8 Å². The second-order valence-electron chi connectivity index (χ2n) is 7.59. The van der Waals surface area contributed by atoms with Crippen LogP contribution in [0.3, 0.4) is 0 Å². The van der Waals surface area contributed by atoms with Gasteiger partial charge < -0.3 is 19.5 Å². The number of amides is 2. The second kappa shape index (κ2) is 9.94. The zero-order chi connectivity index (χ0) is 25.0. The summed E-state index contributed by atoms with van der Waals surface area (Å²) in [6.45, 7) is 0.941. The van der Waals surface area contributed by atoms with Gasteiger partial charge in [-0.1, -0.05) is 29.4 Å². The summed E-state index contributed by atoms with van der Waals surface area (Å²) in [5, 5.41) is 15.3. The van der Waals surface area contributed by atoms with E-state index in [1.54, 1.807) is 29.2 Å². The molecule has 1 N–H and O–H groups in total. The summed E-state index contributed by atoms with van der Waals surface area (Å²) in [5.41, 5.74) is 1.03. The van der Waals surface area contributed by atoms with E-state index in [0.717, 1.165) is 0 Å². The number of aromatic nitrogens is 2. The average Bonchev–Trinajstić information content (AvgIpc) is 3.38. The summed E-state index contributed by atoms with van der Waals surface area (Å²) in [5.74, 6) is -2.49. The van der Waals surface area contributed by atoms with Crippen LogP contribution < -0.4 is 5.32 Å². The maximum atomic E-state index is 13.1. The number of halogens is 3. The fraction of sp³-hybridized carbons (Fsp3) is 0.261. The zero-order valence-electron chi connectivity index (χ0n) is 18.1. The number of rotatable bonds is 5. The fourth-order valence-corrected chi connectivity index (χ4v) is 3.55. The molecule has 2 heterocycles. The van der Waals surface area contributed by atoms with Crippen LogP contribution in [0, 0.1) is 11.3 Å². The molecule has 1 aliphatic heterocycles. The number of nitrogens with one attached hydrogen (secondary N) is 1. The lowest BCUT2D eigenvalue weighted by Crippen LogP contribution is -2.53. The van der Waals surface area contributed by atoms with Crippen LogP contribution in [0.25, 0.3) is 11.4 Å². The van der Waals surface area contributed by atoms with E-state index in [1.807, 2.05) is 6.07 Å². The van der Waals surface area contributed by atoms with Crippen molar-refractivity contribution in [2.75, 3.05) is 26.3 Å². The van der Waals surface area contributed by atoms with Crippen LogP contribution >= 0.6 is 0 Å². The first kappa shape index (κ1) is 23.9. The smallest absolute Gasteiger partial charge is 0.377 e. The third-order valence-corrected chi connectivity index (χ3v) is 5.34. The first-order chi connectivity index (χ1) is 16.8. The molecule has 1 aliphatic rings. The number of hydrogen-bond donors (Lipinski definition) is 1. The van der Waals surface area contributed by atoms with Crippen LogP contribution in [0.1, 0.15) is 32.2 Å². The van der Waals surface area contributed by atoms with E-state index in [4.69, 9.17) is 4.74 Å². The number of nitrogens with zero attached hydrogens (tertiary/aromatic N) is 4. The molecule has 1 saturated heterocycles. The molecule has 0 radical (unpaired) electrons. The molecular formula is C23H18F3N5O4. The third kappa shape index (κ3) is 5.30. The van der Waals surface area contributed by atoms with Gasteiger partial charge in [0.05, 0.1) is 36.5 Å². The second-order valence-corrected chi connectivity index (χ2v) is 7.59. The quantitative estimate of drug-likeness (QED) is 0.590. The van der Waals surface area contributed by atoms with Crippen LogP contribution in [0.2, 0.25) is 0 Å². The molecule has 1 aromatic heterocycles. The van der Waals surface area contributed by atoms with E-state index in [1.165, 1.54) is 24.3 Å². The van der Waals surface area contributed by atoms with Crippen molar-refractivity contribution >= 4 is 11.8 Å². The number of alkyl halides is 3. The molecule has 3 aromatic rings. The molecule has 4 rings (SSSR count). The average molecular weight is 485 g/mol. The Balaban J connectivity index is 1.41. The van der Waals surface area contributed by atoms with E-state index in [0.29, 0.717) is 13.2 Å². The highest BCUT2D eigenvalue weighted by Crippen LogP contribution is 2.29. The molecule has 12 heteroatoms. The Morgan fingerprint density at radius 2 is 1.91 bits per heavy atom. The molecule has 35 heavy (non-hydrogen) atoms. The van der Waals surface area contributed by atoms with Gasteiger partial charge in [-0.2, -0.15) is 23.4 Å². The van der Waals surface area contributed by atoms with Crippen molar-refractivity contribution in [3.63, 3.8) is 0 Å². The van der Waals surface area contributed by atoms with E-state index in [-0.39, 0.29) is 47.1 Å². The highest BCUT2D eigenvalue weighted by Gasteiger charge is 2.38. The van der Waals surface area contributed by atoms with Crippen molar-refractivity contribution in [1.82, 2.24) is 20.4 Å². The first-order valence-corrected chi connectivity index (χ1v) is 10.5. The largest absolute Gasteiger partial charge is 0.471 e. The molecule has 2 amide bonds. The number of nitriles is 1. The molecule has 0 unspecified atom stereocenters. The molecule has 2 aromatic carbocycles. The van der Waals surface area contributed by atoms with E-state index < -0.39 is 24.0 Å². The SMILES string of the molecule is N#Cc1ccccc1C(=O)N1CCOC[C@H]1CNC(=O)c1ccc(-c2noc(C(F)(F)F)n2)cc1.